The van der Waals surface area contributed by atoms with Gasteiger partial charge in [0.15, 0.2) is 0 Å². The fraction of sp³-hybridized carbons (Fsp3) is 0.538. The van der Waals surface area contributed by atoms with Crippen molar-refractivity contribution < 1.29 is 4.39 Å². The van der Waals surface area contributed by atoms with E-state index in [9.17, 15) is 4.39 Å². The summed E-state index contributed by atoms with van der Waals surface area (Å²) in [7, 11) is 0. The Hall–Kier alpha value is -0.540. The van der Waals surface area contributed by atoms with Gasteiger partial charge < -0.3 is 5.73 Å². The van der Waals surface area contributed by atoms with Gasteiger partial charge in [-0.1, -0.05) is 6.42 Å². The molecule has 2 N–H and O–H groups in total. The number of thioether (sulfide) groups is 1. The molecule has 0 aliphatic heterocycles. The molecule has 2 unspecified atom stereocenters. The topological polar surface area (TPSA) is 26.0 Å². The minimum absolute atomic E-state index is 0.165. The van der Waals surface area contributed by atoms with Crippen LogP contribution in [0.2, 0.25) is 0 Å². The SMILES string of the molecule is NC1CCCC1CCSc1ccc(F)cc1. The van der Waals surface area contributed by atoms with Crippen LogP contribution < -0.4 is 5.73 Å². The minimum atomic E-state index is -0.165. The summed E-state index contributed by atoms with van der Waals surface area (Å²) < 4.78 is 12.7. The van der Waals surface area contributed by atoms with Crippen LogP contribution in [-0.2, 0) is 0 Å². The number of halogens is 1. The summed E-state index contributed by atoms with van der Waals surface area (Å²) in [6.45, 7) is 0. The van der Waals surface area contributed by atoms with Crippen molar-refractivity contribution in [3.05, 3.63) is 30.1 Å². The van der Waals surface area contributed by atoms with E-state index in [4.69, 9.17) is 5.73 Å². The van der Waals surface area contributed by atoms with Gasteiger partial charge >= 0.3 is 0 Å². The van der Waals surface area contributed by atoms with Gasteiger partial charge in [0.05, 0.1) is 0 Å². The van der Waals surface area contributed by atoms with Crippen LogP contribution in [0.1, 0.15) is 25.7 Å². The standard InChI is InChI=1S/C13H18FNS/c14-11-4-6-12(7-5-11)16-9-8-10-2-1-3-13(10)15/h4-7,10,13H,1-3,8-9,15H2. The Morgan fingerprint density at radius 1 is 1.25 bits per heavy atom. The predicted molar refractivity (Wildman–Crippen MR) is 67.1 cm³/mol. The highest BCUT2D eigenvalue weighted by Gasteiger charge is 2.22. The lowest BCUT2D eigenvalue weighted by molar-refractivity contribution is 0.470. The van der Waals surface area contributed by atoms with Crippen molar-refractivity contribution in [1.29, 1.82) is 0 Å². The molecule has 1 aromatic rings. The highest BCUT2D eigenvalue weighted by molar-refractivity contribution is 7.99. The lowest BCUT2D eigenvalue weighted by Gasteiger charge is -2.14. The van der Waals surface area contributed by atoms with E-state index in [1.165, 1.54) is 37.8 Å². The van der Waals surface area contributed by atoms with Crippen LogP contribution in [0.4, 0.5) is 4.39 Å². The van der Waals surface area contributed by atoms with Gasteiger partial charge in [-0.3, -0.25) is 0 Å². The van der Waals surface area contributed by atoms with Crippen molar-refractivity contribution in [2.75, 3.05) is 5.75 Å². The van der Waals surface area contributed by atoms with E-state index >= 15 is 0 Å². The average Bonchev–Trinajstić information content (AvgIpc) is 2.68. The fourth-order valence-electron chi connectivity index (χ4n) is 2.28. The number of benzene rings is 1. The number of rotatable bonds is 4. The zero-order valence-corrected chi connectivity index (χ0v) is 10.2. The minimum Gasteiger partial charge on any atom is -0.327 e. The Morgan fingerprint density at radius 2 is 2.00 bits per heavy atom. The summed E-state index contributed by atoms with van der Waals surface area (Å²) in [5.41, 5.74) is 6.02. The van der Waals surface area contributed by atoms with Crippen LogP contribution in [0.15, 0.2) is 29.2 Å². The molecule has 1 nitrogen and oxygen atoms in total. The largest absolute Gasteiger partial charge is 0.327 e. The highest BCUT2D eigenvalue weighted by atomic mass is 32.2. The molecular formula is C13H18FNS. The third kappa shape index (κ3) is 3.22. The molecule has 1 aliphatic carbocycles. The molecule has 16 heavy (non-hydrogen) atoms. The highest BCUT2D eigenvalue weighted by Crippen LogP contribution is 2.29. The van der Waals surface area contributed by atoms with E-state index in [1.54, 1.807) is 11.8 Å². The maximum Gasteiger partial charge on any atom is 0.123 e. The van der Waals surface area contributed by atoms with E-state index < -0.39 is 0 Å². The Labute approximate surface area is 101 Å². The molecule has 0 spiro atoms. The maximum atomic E-state index is 12.7. The van der Waals surface area contributed by atoms with Crippen molar-refractivity contribution in [1.82, 2.24) is 0 Å². The van der Waals surface area contributed by atoms with E-state index in [2.05, 4.69) is 0 Å². The second-order valence-electron chi connectivity index (χ2n) is 4.45. The van der Waals surface area contributed by atoms with Gasteiger partial charge in [0.1, 0.15) is 5.82 Å². The van der Waals surface area contributed by atoms with Crippen LogP contribution >= 0.6 is 11.8 Å². The van der Waals surface area contributed by atoms with Crippen molar-refractivity contribution in [3.63, 3.8) is 0 Å². The zero-order chi connectivity index (χ0) is 11.4. The number of hydrogen-bond acceptors (Lipinski definition) is 2. The smallest absolute Gasteiger partial charge is 0.123 e. The molecule has 0 amide bonds. The molecule has 2 atom stereocenters. The molecule has 0 saturated heterocycles. The maximum absolute atomic E-state index is 12.7. The van der Waals surface area contributed by atoms with Gasteiger partial charge in [-0.15, -0.1) is 11.8 Å². The summed E-state index contributed by atoms with van der Waals surface area (Å²) in [5, 5.41) is 0. The van der Waals surface area contributed by atoms with Gasteiger partial charge in [0.25, 0.3) is 0 Å². The lowest BCUT2D eigenvalue weighted by atomic mass is 10.0. The first kappa shape index (κ1) is 11.9. The molecule has 1 saturated carbocycles. The summed E-state index contributed by atoms with van der Waals surface area (Å²) in [6.07, 6.45) is 4.94. The summed E-state index contributed by atoms with van der Waals surface area (Å²) >= 11 is 1.80. The zero-order valence-electron chi connectivity index (χ0n) is 9.36. The Balaban J connectivity index is 1.73. The summed E-state index contributed by atoms with van der Waals surface area (Å²) in [5.74, 6) is 1.62. The lowest BCUT2D eigenvalue weighted by Crippen LogP contribution is -2.24. The Morgan fingerprint density at radius 3 is 2.62 bits per heavy atom. The monoisotopic (exact) mass is 239 g/mol. The second kappa shape index (κ2) is 5.69. The van der Waals surface area contributed by atoms with Crippen LogP contribution in [0.25, 0.3) is 0 Å². The normalized spacial score (nSPS) is 24.9. The molecular weight excluding hydrogens is 221 g/mol. The quantitative estimate of drug-likeness (QED) is 0.815. The molecule has 1 fully saturated rings. The van der Waals surface area contributed by atoms with Crippen molar-refractivity contribution in [3.8, 4) is 0 Å². The average molecular weight is 239 g/mol. The molecule has 1 aromatic carbocycles. The van der Waals surface area contributed by atoms with Gasteiger partial charge in [0, 0.05) is 10.9 Å². The predicted octanol–water partition coefficient (Wildman–Crippen LogP) is 3.44. The molecule has 0 heterocycles. The Bertz CT molecular complexity index is 325. The van der Waals surface area contributed by atoms with Crippen molar-refractivity contribution in [2.24, 2.45) is 11.7 Å². The van der Waals surface area contributed by atoms with Crippen molar-refractivity contribution in [2.45, 2.75) is 36.6 Å². The van der Waals surface area contributed by atoms with E-state index in [0.717, 1.165) is 10.6 Å². The van der Waals surface area contributed by atoms with Gasteiger partial charge in [-0.05, 0) is 55.2 Å². The molecule has 0 bridgehead atoms. The molecule has 0 aromatic heterocycles. The number of hydrogen-bond donors (Lipinski definition) is 1. The molecule has 1 aliphatic rings. The first-order valence-corrected chi connectivity index (χ1v) is 6.88. The van der Waals surface area contributed by atoms with E-state index in [-0.39, 0.29) is 5.82 Å². The van der Waals surface area contributed by atoms with Gasteiger partial charge in [0.2, 0.25) is 0 Å². The summed E-state index contributed by atoms with van der Waals surface area (Å²) in [4.78, 5) is 1.15. The van der Waals surface area contributed by atoms with Gasteiger partial charge in [-0.2, -0.15) is 0 Å². The van der Waals surface area contributed by atoms with Crippen LogP contribution in [-0.4, -0.2) is 11.8 Å². The molecule has 2 rings (SSSR count). The third-order valence-corrected chi connectivity index (χ3v) is 4.33. The fourth-order valence-corrected chi connectivity index (χ4v) is 3.27. The van der Waals surface area contributed by atoms with E-state index in [1.807, 2.05) is 12.1 Å². The second-order valence-corrected chi connectivity index (χ2v) is 5.61. The first-order valence-electron chi connectivity index (χ1n) is 5.89. The first-order chi connectivity index (χ1) is 7.75. The Kier molecular flexibility index (Phi) is 4.24. The van der Waals surface area contributed by atoms with Crippen LogP contribution in [0, 0.1) is 11.7 Å². The number of nitrogens with two attached hydrogens (primary N) is 1. The van der Waals surface area contributed by atoms with Crippen molar-refractivity contribution >= 4 is 11.8 Å². The van der Waals surface area contributed by atoms with Gasteiger partial charge in [-0.25, -0.2) is 4.39 Å². The third-order valence-electron chi connectivity index (χ3n) is 3.29. The van der Waals surface area contributed by atoms with E-state index in [0.29, 0.717) is 12.0 Å². The molecule has 88 valence electrons. The molecule has 3 heteroatoms. The van der Waals surface area contributed by atoms with Crippen LogP contribution in [0.3, 0.4) is 0 Å². The van der Waals surface area contributed by atoms with Crippen LogP contribution in [0.5, 0.6) is 0 Å². The molecule has 0 radical (unpaired) electrons. The summed E-state index contributed by atoms with van der Waals surface area (Å²) in [6, 6.07) is 7.13.